The van der Waals surface area contributed by atoms with Crippen molar-refractivity contribution in [3.8, 4) is 0 Å². The summed E-state index contributed by atoms with van der Waals surface area (Å²) in [5.74, 6) is -11.0. The molecule has 0 aromatic carbocycles. The molecule has 8 nitrogen and oxygen atoms in total. The van der Waals surface area contributed by atoms with Gasteiger partial charge < -0.3 is 19.7 Å². The Kier molecular flexibility index (Phi) is 17.4. The number of rotatable bonds is 10. The number of hydrogen-bond acceptors (Lipinski definition) is 8. The van der Waals surface area contributed by atoms with E-state index in [4.69, 9.17) is 9.84 Å². The number of hydrogen-bond donors (Lipinski definition) is 2. The first-order valence-electron chi connectivity index (χ1n) is 20.6. The number of Topliss-reactive ketones (excluding diaryl/α,β-unsaturated/α-hetero) is 2. The van der Waals surface area contributed by atoms with Crippen LogP contribution in [0.2, 0.25) is 0 Å². The van der Waals surface area contributed by atoms with E-state index in [1.807, 2.05) is 6.08 Å². The van der Waals surface area contributed by atoms with Crippen LogP contribution >= 0.6 is 0 Å². The normalized spacial score (nSPS) is 26.5. The first-order chi connectivity index (χ1) is 29.8. The maximum atomic E-state index is 14.0. The van der Waals surface area contributed by atoms with Crippen molar-refractivity contribution in [3.05, 3.63) is 24.3 Å². The number of carbonyl (C=O) groups excluding carboxylic acids is 4. The summed E-state index contributed by atoms with van der Waals surface area (Å²) in [6.45, 7) is 13.4. The predicted molar refractivity (Wildman–Crippen MR) is 200 cm³/mol. The van der Waals surface area contributed by atoms with Crippen LogP contribution in [0, 0.1) is 52.8 Å². The van der Waals surface area contributed by atoms with E-state index < -0.39 is 149 Å². The average Bonchev–Trinajstić information content (AvgIpc) is 3.90. The minimum atomic E-state index is -6.18. The van der Waals surface area contributed by atoms with E-state index in [0.717, 1.165) is 0 Å². The molecule has 26 heteroatoms. The van der Waals surface area contributed by atoms with Gasteiger partial charge in [0.25, 0.3) is 11.2 Å². The molecule has 0 heterocycles. The van der Waals surface area contributed by atoms with Crippen molar-refractivity contribution in [2.75, 3.05) is 0 Å². The number of ketones is 2. The van der Waals surface area contributed by atoms with Crippen LogP contribution in [0.15, 0.2) is 24.3 Å². The van der Waals surface area contributed by atoms with E-state index in [2.05, 4.69) is 11.3 Å². The third kappa shape index (κ3) is 13.6. The van der Waals surface area contributed by atoms with Crippen molar-refractivity contribution in [1.29, 1.82) is 0 Å². The van der Waals surface area contributed by atoms with Gasteiger partial charge in [0.1, 0.15) is 28.3 Å². The lowest BCUT2D eigenvalue weighted by Crippen LogP contribution is -2.58. The minimum Gasteiger partial charge on any atom is -0.459 e. The molecular weight excluding hydrogens is 974 g/mol. The SMILES string of the molecule is C=C(C(=O)OC(C)(C)C)C(F)(F)F.CC1C2CC(C(=O)CC(O)(C(F)(F)F)C(F)(F)F)C(C2)C1CC(C)(C(=O)OC(C)(C)C)C(F)(F)F.O=C(CC(O)(C(F)(F)F)C(F)(F)F)C1CC2C=CC1C2. The van der Waals surface area contributed by atoms with E-state index in [0.29, 0.717) is 13.3 Å². The summed E-state index contributed by atoms with van der Waals surface area (Å²) in [5, 5.41) is 18.4. The van der Waals surface area contributed by atoms with Crippen molar-refractivity contribution in [2.24, 2.45) is 52.8 Å². The summed E-state index contributed by atoms with van der Waals surface area (Å²) in [6.07, 6.45) is -34.8. The van der Waals surface area contributed by atoms with Gasteiger partial charge in [-0.1, -0.05) is 25.7 Å². The van der Waals surface area contributed by atoms with Crippen LogP contribution in [0.25, 0.3) is 0 Å². The summed E-state index contributed by atoms with van der Waals surface area (Å²) in [4.78, 5) is 47.7. The Bertz CT molecular complexity index is 1850. The Morgan fingerprint density at radius 1 is 0.574 bits per heavy atom. The molecule has 0 spiro atoms. The second-order valence-corrected chi connectivity index (χ2v) is 19.9. The van der Waals surface area contributed by atoms with Crippen molar-refractivity contribution < 1.29 is 118 Å². The van der Waals surface area contributed by atoms with Crippen LogP contribution in [0.4, 0.5) is 79.0 Å². The fraction of sp³-hybridized carbons (Fsp3) is 0.810. The second-order valence-electron chi connectivity index (χ2n) is 19.9. The second kappa shape index (κ2) is 19.6. The van der Waals surface area contributed by atoms with Crippen LogP contribution in [0.1, 0.15) is 100 Å². The predicted octanol–water partition coefficient (Wildman–Crippen LogP) is 11.5. The molecule has 0 aliphatic heterocycles. The van der Waals surface area contributed by atoms with Crippen LogP contribution < -0.4 is 0 Å². The van der Waals surface area contributed by atoms with Gasteiger partial charge in [-0.25, -0.2) is 4.79 Å². The maximum Gasteiger partial charge on any atom is 0.426 e. The first-order valence-corrected chi connectivity index (χ1v) is 20.6. The van der Waals surface area contributed by atoms with Gasteiger partial charge in [-0.15, -0.1) is 0 Å². The minimum absolute atomic E-state index is 0.0406. The van der Waals surface area contributed by atoms with E-state index in [9.17, 15) is 103 Å². The quantitative estimate of drug-likeness (QED) is 0.0959. The number of esters is 2. The Morgan fingerprint density at radius 3 is 1.29 bits per heavy atom. The van der Waals surface area contributed by atoms with Crippen molar-refractivity contribution >= 4 is 23.5 Å². The third-order valence-corrected chi connectivity index (χ3v) is 12.6. The molecule has 394 valence electrons. The van der Waals surface area contributed by atoms with Crippen LogP contribution in [0.5, 0.6) is 0 Å². The summed E-state index contributed by atoms with van der Waals surface area (Å²) in [6, 6.07) is 0. The molecule has 0 aromatic rings. The lowest BCUT2D eigenvalue weighted by atomic mass is 9.66. The molecule has 3 saturated carbocycles. The van der Waals surface area contributed by atoms with Gasteiger partial charge in [0, 0.05) is 11.8 Å². The van der Waals surface area contributed by atoms with Crippen molar-refractivity contribution in [1.82, 2.24) is 0 Å². The standard InChI is InChI=1S/C22H29F9O4.C12H12F6O2.C8H11F3O2/c1-10-11-6-12(13(7-11)15(32)9-19(34,21(26,27)28)22(29,30)31)14(10)8-18(5,20(23,24)25)16(33)35-17(2,3)4;13-11(14,15)10(20,12(16,17)18)5-9(19)8-4-6-1-2-7(8)3-6;1-5(8(9,10)11)6(12)13-7(2,3)4/h10-14,34H,6-9H2,1-5H3;1-2,6-8,20H,3-5H2;1H2,2-4H3. The number of ether oxygens (including phenoxy) is 2. The van der Waals surface area contributed by atoms with E-state index >= 15 is 0 Å². The fourth-order valence-electron chi connectivity index (χ4n) is 8.73. The molecule has 3 fully saturated rings. The van der Waals surface area contributed by atoms with Gasteiger partial charge in [0.05, 0.1) is 12.8 Å². The zero-order chi connectivity index (χ0) is 53.8. The number of halogens is 18. The number of alkyl halides is 18. The van der Waals surface area contributed by atoms with E-state index in [1.54, 1.807) is 13.0 Å². The molecule has 0 aromatic heterocycles. The third-order valence-electron chi connectivity index (χ3n) is 12.6. The van der Waals surface area contributed by atoms with Crippen LogP contribution in [-0.2, 0) is 28.7 Å². The van der Waals surface area contributed by atoms with Gasteiger partial charge in [-0.3, -0.25) is 14.4 Å². The molecule has 0 radical (unpaired) electrons. The molecule has 9 unspecified atom stereocenters. The average molecular weight is 1030 g/mol. The molecule has 4 aliphatic carbocycles. The smallest absolute Gasteiger partial charge is 0.426 e. The first kappa shape index (κ1) is 60.5. The Labute approximate surface area is 378 Å². The Morgan fingerprint density at radius 2 is 0.985 bits per heavy atom. The zero-order valence-electron chi connectivity index (χ0n) is 37.6. The fourth-order valence-corrected chi connectivity index (χ4v) is 8.73. The molecule has 4 bridgehead atoms. The summed E-state index contributed by atoms with van der Waals surface area (Å²) >= 11 is 0. The number of allylic oxidation sites excluding steroid dienone is 2. The monoisotopic (exact) mass is 1030 g/mol. The highest BCUT2D eigenvalue weighted by molar-refractivity contribution is 5.89. The number of fused-ring (bicyclic) bond motifs is 4. The van der Waals surface area contributed by atoms with E-state index in [1.165, 1.54) is 41.5 Å². The molecule has 2 N–H and O–H groups in total. The van der Waals surface area contributed by atoms with Gasteiger partial charge >= 0.3 is 49.0 Å². The molecule has 9 atom stereocenters. The van der Waals surface area contributed by atoms with Crippen LogP contribution in [0.3, 0.4) is 0 Å². The molecule has 0 amide bonds. The highest BCUT2D eigenvalue weighted by Crippen LogP contribution is 2.61. The molecule has 4 rings (SSSR count). The Balaban J connectivity index is 0.000000402. The topological polar surface area (TPSA) is 127 Å². The highest BCUT2D eigenvalue weighted by Gasteiger charge is 2.73. The number of carbonyl (C=O) groups is 4. The number of aliphatic hydroxyl groups is 2. The maximum absolute atomic E-state index is 14.0. The highest BCUT2D eigenvalue weighted by atomic mass is 19.4. The summed E-state index contributed by atoms with van der Waals surface area (Å²) in [5.41, 5.74) is -16.9. The lowest BCUT2D eigenvalue weighted by Gasteiger charge is -2.41. The zero-order valence-corrected chi connectivity index (χ0v) is 37.6. The molecular formula is C42H52F18O8. The Hall–Kier alpha value is -3.58. The molecule has 0 saturated heterocycles. The van der Waals surface area contributed by atoms with E-state index in [-0.39, 0.29) is 31.1 Å². The van der Waals surface area contributed by atoms with Gasteiger partial charge in [-0.2, -0.15) is 79.0 Å². The molecule has 68 heavy (non-hydrogen) atoms. The summed E-state index contributed by atoms with van der Waals surface area (Å²) in [7, 11) is 0. The van der Waals surface area contributed by atoms with Crippen molar-refractivity contribution in [2.45, 2.75) is 160 Å². The largest absolute Gasteiger partial charge is 0.459 e. The lowest BCUT2D eigenvalue weighted by molar-refractivity contribution is -0.367. The summed E-state index contributed by atoms with van der Waals surface area (Å²) < 4.78 is 240. The van der Waals surface area contributed by atoms with Gasteiger partial charge in [0.15, 0.2) is 5.41 Å². The van der Waals surface area contributed by atoms with Gasteiger partial charge in [-0.05, 0) is 116 Å². The van der Waals surface area contributed by atoms with Crippen LogP contribution in [-0.4, -0.2) is 93.2 Å². The van der Waals surface area contributed by atoms with Gasteiger partial charge in [0.2, 0.25) is 0 Å². The van der Waals surface area contributed by atoms with Crippen molar-refractivity contribution in [3.63, 3.8) is 0 Å². The molecule has 4 aliphatic rings.